The standard InChI is InChI=1S/C23H32N6O2S/c1-2-12-29-21(19-6-10-24-11-7-19)26-27-22(29)32-17-20(30)25-18-23(8-4-3-5-9-23)28-13-15-31-16-14-28/h2,6-7,10-11H,1,3-5,8-9,12-18H2,(H,25,30). The van der Waals surface area contributed by atoms with Crippen molar-refractivity contribution in [2.24, 2.45) is 0 Å². The lowest BCUT2D eigenvalue weighted by molar-refractivity contribution is -0.119. The first-order chi connectivity index (χ1) is 15.7. The summed E-state index contributed by atoms with van der Waals surface area (Å²) in [6.45, 7) is 8.60. The zero-order valence-corrected chi connectivity index (χ0v) is 19.4. The van der Waals surface area contributed by atoms with Crippen LogP contribution in [-0.4, -0.2) is 74.7 Å². The number of pyridine rings is 1. The Hall–Kier alpha value is -2.23. The van der Waals surface area contributed by atoms with Gasteiger partial charge >= 0.3 is 0 Å². The Morgan fingerprint density at radius 1 is 1.19 bits per heavy atom. The highest BCUT2D eigenvalue weighted by Gasteiger charge is 2.38. The molecule has 8 nitrogen and oxygen atoms in total. The zero-order chi connectivity index (χ0) is 22.2. The Bertz CT molecular complexity index is 891. The fourth-order valence-corrected chi connectivity index (χ4v) is 5.48. The van der Waals surface area contributed by atoms with Gasteiger partial charge in [0, 0.05) is 49.7 Å². The molecule has 1 saturated heterocycles. The lowest BCUT2D eigenvalue weighted by atomic mass is 9.79. The SMILES string of the molecule is C=CCn1c(SCC(=O)NCC2(N3CCOCC3)CCCCC2)nnc1-c1ccncc1. The molecule has 1 aliphatic carbocycles. The van der Waals surface area contributed by atoms with Gasteiger partial charge in [0.1, 0.15) is 0 Å². The van der Waals surface area contributed by atoms with Crippen LogP contribution in [0.2, 0.25) is 0 Å². The number of carbonyl (C=O) groups is 1. The van der Waals surface area contributed by atoms with E-state index in [1.54, 1.807) is 12.4 Å². The van der Waals surface area contributed by atoms with Crippen LogP contribution < -0.4 is 5.32 Å². The van der Waals surface area contributed by atoms with Crippen LogP contribution in [0.3, 0.4) is 0 Å². The maximum atomic E-state index is 12.8. The highest BCUT2D eigenvalue weighted by Crippen LogP contribution is 2.34. The van der Waals surface area contributed by atoms with Gasteiger partial charge in [-0.1, -0.05) is 37.1 Å². The molecular weight excluding hydrogens is 424 g/mol. The van der Waals surface area contributed by atoms with Crippen molar-refractivity contribution >= 4 is 17.7 Å². The van der Waals surface area contributed by atoms with Gasteiger partial charge in [-0.3, -0.25) is 19.2 Å². The summed E-state index contributed by atoms with van der Waals surface area (Å²) in [5.74, 6) is 1.10. The van der Waals surface area contributed by atoms with E-state index in [0.29, 0.717) is 24.0 Å². The van der Waals surface area contributed by atoms with Gasteiger partial charge in [0.05, 0.1) is 19.0 Å². The van der Waals surface area contributed by atoms with E-state index < -0.39 is 0 Å². The summed E-state index contributed by atoms with van der Waals surface area (Å²) in [5.41, 5.74) is 1.01. The second kappa shape index (κ2) is 11.1. The molecule has 2 aromatic heterocycles. The smallest absolute Gasteiger partial charge is 0.230 e. The lowest BCUT2D eigenvalue weighted by Gasteiger charge is -2.48. The minimum Gasteiger partial charge on any atom is -0.379 e. The van der Waals surface area contributed by atoms with E-state index in [4.69, 9.17) is 4.74 Å². The van der Waals surface area contributed by atoms with E-state index in [-0.39, 0.29) is 11.4 Å². The summed E-state index contributed by atoms with van der Waals surface area (Å²) >= 11 is 1.41. The Morgan fingerprint density at radius 3 is 2.66 bits per heavy atom. The largest absolute Gasteiger partial charge is 0.379 e. The van der Waals surface area contributed by atoms with Gasteiger partial charge in [0.2, 0.25) is 5.91 Å². The Balaban J connectivity index is 1.37. The average molecular weight is 457 g/mol. The maximum Gasteiger partial charge on any atom is 0.230 e. The third-order valence-corrected chi connectivity index (χ3v) is 7.35. The molecule has 9 heteroatoms. The zero-order valence-electron chi connectivity index (χ0n) is 18.5. The molecule has 3 heterocycles. The molecule has 1 aliphatic heterocycles. The van der Waals surface area contributed by atoms with Crippen molar-refractivity contribution in [3.05, 3.63) is 37.2 Å². The topological polar surface area (TPSA) is 85.2 Å². The molecule has 0 bridgehead atoms. The average Bonchev–Trinajstić information content (AvgIpc) is 3.26. The number of rotatable bonds is 9. The summed E-state index contributed by atoms with van der Waals surface area (Å²) in [7, 11) is 0. The molecule has 0 radical (unpaired) electrons. The summed E-state index contributed by atoms with van der Waals surface area (Å²) in [4.78, 5) is 19.4. The van der Waals surface area contributed by atoms with Gasteiger partial charge in [-0.25, -0.2) is 0 Å². The number of hydrogen-bond donors (Lipinski definition) is 1. The van der Waals surface area contributed by atoms with Gasteiger partial charge in [-0.2, -0.15) is 0 Å². The molecule has 0 atom stereocenters. The fourth-order valence-electron chi connectivity index (χ4n) is 4.70. The van der Waals surface area contributed by atoms with E-state index in [9.17, 15) is 4.79 Å². The third-order valence-electron chi connectivity index (χ3n) is 6.38. The van der Waals surface area contributed by atoms with Crippen LogP contribution >= 0.6 is 11.8 Å². The molecule has 2 fully saturated rings. The number of hydrogen-bond acceptors (Lipinski definition) is 7. The molecule has 0 spiro atoms. The summed E-state index contributed by atoms with van der Waals surface area (Å²) in [6, 6.07) is 3.81. The van der Waals surface area contributed by atoms with Crippen LogP contribution in [0, 0.1) is 0 Å². The number of aromatic nitrogens is 4. The normalized spacial score (nSPS) is 18.9. The summed E-state index contributed by atoms with van der Waals surface area (Å²) in [6.07, 6.45) is 11.3. The maximum absolute atomic E-state index is 12.8. The van der Waals surface area contributed by atoms with Gasteiger partial charge in [0.15, 0.2) is 11.0 Å². The van der Waals surface area contributed by atoms with E-state index in [2.05, 4.69) is 32.0 Å². The van der Waals surface area contributed by atoms with Crippen molar-refractivity contribution in [1.82, 2.24) is 30.0 Å². The van der Waals surface area contributed by atoms with Crippen molar-refractivity contribution in [2.75, 3.05) is 38.6 Å². The minimum atomic E-state index is 0.0341. The molecular formula is C23H32N6O2S. The van der Waals surface area contributed by atoms with Crippen molar-refractivity contribution in [1.29, 1.82) is 0 Å². The molecule has 32 heavy (non-hydrogen) atoms. The molecule has 2 aliphatic rings. The quantitative estimate of drug-likeness (QED) is 0.459. The van der Waals surface area contributed by atoms with Crippen LogP contribution in [0.4, 0.5) is 0 Å². The second-order valence-electron chi connectivity index (χ2n) is 8.39. The van der Waals surface area contributed by atoms with E-state index in [1.165, 1.54) is 31.0 Å². The number of carbonyl (C=O) groups excluding carboxylic acids is 1. The molecule has 4 rings (SSSR count). The van der Waals surface area contributed by atoms with Crippen molar-refractivity contribution in [2.45, 2.75) is 49.3 Å². The van der Waals surface area contributed by atoms with Crippen LogP contribution in [-0.2, 0) is 16.1 Å². The molecule has 172 valence electrons. The first-order valence-electron chi connectivity index (χ1n) is 11.4. The molecule has 1 N–H and O–H groups in total. The van der Waals surface area contributed by atoms with Gasteiger partial charge in [0.25, 0.3) is 0 Å². The molecule has 0 unspecified atom stereocenters. The molecule has 0 aromatic carbocycles. The van der Waals surface area contributed by atoms with Crippen LogP contribution in [0.25, 0.3) is 11.4 Å². The van der Waals surface area contributed by atoms with Crippen molar-refractivity contribution in [3.63, 3.8) is 0 Å². The third kappa shape index (κ3) is 5.39. The highest BCUT2D eigenvalue weighted by molar-refractivity contribution is 7.99. The summed E-state index contributed by atoms with van der Waals surface area (Å²) in [5, 5.41) is 12.6. The number of nitrogens with zero attached hydrogens (tertiary/aromatic N) is 5. The fraction of sp³-hybridized carbons (Fsp3) is 0.565. The van der Waals surface area contributed by atoms with Crippen LogP contribution in [0.1, 0.15) is 32.1 Å². The van der Waals surface area contributed by atoms with Crippen molar-refractivity contribution < 1.29 is 9.53 Å². The minimum absolute atomic E-state index is 0.0341. The Labute approximate surface area is 193 Å². The number of ether oxygens (including phenoxy) is 1. The highest BCUT2D eigenvalue weighted by atomic mass is 32.2. The predicted molar refractivity (Wildman–Crippen MR) is 125 cm³/mol. The van der Waals surface area contributed by atoms with Gasteiger partial charge in [-0.15, -0.1) is 16.8 Å². The first kappa shape index (κ1) is 22.9. The first-order valence-corrected chi connectivity index (χ1v) is 12.4. The summed E-state index contributed by atoms with van der Waals surface area (Å²) < 4.78 is 7.54. The Kier molecular flexibility index (Phi) is 7.94. The number of nitrogens with one attached hydrogen (secondary N) is 1. The number of thioether (sulfide) groups is 1. The number of amides is 1. The monoisotopic (exact) mass is 456 g/mol. The van der Waals surface area contributed by atoms with Gasteiger partial charge in [-0.05, 0) is 25.0 Å². The predicted octanol–water partition coefficient (Wildman–Crippen LogP) is 2.77. The Morgan fingerprint density at radius 2 is 1.94 bits per heavy atom. The van der Waals surface area contributed by atoms with Crippen molar-refractivity contribution in [3.8, 4) is 11.4 Å². The molecule has 2 aromatic rings. The number of allylic oxidation sites excluding steroid dienone is 1. The van der Waals surface area contributed by atoms with E-state index >= 15 is 0 Å². The van der Waals surface area contributed by atoms with E-state index in [1.807, 2.05) is 22.8 Å². The lowest BCUT2D eigenvalue weighted by Crippen LogP contribution is -2.59. The van der Waals surface area contributed by atoms with Crippen LogP contribution in [0.5, 0.6) is 0 Å². The number of morpholine rings is 1. The van der Waals surface area contributed by atoms with Gasteiger partial charge < -0.3 is 10.1 Å². The second-order valence-corrected chi connectivity index (χ2v) is 9.33. The van der Waals surface area contributed by atoms with E-state index in [0.717, 1.165) is 50.5 Å². The molecule has 1 amide bonds. The molecule has 1 saturated carbocycles. The van der Waals surface area contributed by atoms with Crippen LogP contribution in [0.15, 0.2) is 42.3 Å².